The highest BCUT2D eigenvalue weighted by atomic mass is 16.8. The van der Waals surface area contributed by atoms with Crippen molar-refractivity contribution in [3.63, 3.8) is 0 Å². The van der Waals surface area contributed by atoms with Gasteiger partial charge in [-0.2, -0.15) is 0 Å². The van der Waals surface area contributed by atoms with Gasteiger partial charge in [0.2, 0.25) is 5.91 Å². The number of hydrogen-bond acceptors (Lipinski definition) is 18. The largest absolute Gasteiger partial charge is 0.394 e. The molecule has 0 aromatic rings. The number of aliphatic hydroxyl groups excluding tert-OH is 11. The van der Waals surface area contributed by atoms with E-state index in [1.807, 2.05) is 6.08 Å². The van der Waals surface area contributed by atoms with E-state index < -0.39 is 124 Å². The summed E-state index contributed by atoms with van der Waals surface area (Å²) in [7, 11) is 0. The molecular weight excluding hydrogens is 1320 g/mol. The predicted octanol–water partition coefficient (Wildman–Crippen LogP) is 14.1. The van der Waals surface area contributed by atoms with E-state index in [2.05, 4.69) is 122 Å². The first-order valence-electron chi connectivity index (χ1n) is 41.1. The molecule has 3 aliphatic rings. The van der Waals surface area contributed by atoms with E-state index in [9.17, 15) is 61.0 Å². The van der Waals surface area contributed by atoms with Crippen LogP contribution < -0.4 is 5.32 Å². The number of nitrogens with one attached hydrogen (secondary N) is 1. The summed E-state index contributed by atoms with van der Waals surface area (Å²) < 4.78 is 34.5. The van der Waals surface area contributed by atoms with Crippen LogP contribution >= 0.6 is 0 Å². The van der Waals surface area contributed by atoms with Crippen LogP contribution in [0.25, 0.3) is 0 Å². The lowest BCUT2D eigenvalue weighted by Gasteiger charge is -2.48. The highest BCUT2D eigenvalue weighted by Crippen LogP contribution is 2.33. The van der Waals surface area contributed by atoms with Crippen molar-refractivity contribution in [1.29, 1.82) is 0 Å². The molecule has 0 radical (unpaired) electrons. The maximum Gasteiger partial charge on any atom is 0.220 e. The number of ether oxygens (including phenoxy) is 6. The van der Waals surface area contributed by atoms with Crippen LogP contribution in [0, 0.1) is 0 Å². The van der Waals surface area contributed by atoms with Gasteiger partial charge in [-0.05, 0) is 77.0 Å². The van der Waals surface area contributed by atoms with Crippen LogP contribution in [0.3, 0.4) is 0 Å². The maximum atomic E-state index is 13.5. The smallest absolute Gasteiger partial charge is 0.220 e. The van der Waals surface area contributed by atoms with Crippen molar-refractivity contribution in [3.05, 3.63) is 109 Å². The second-order valence-corrected chi connectivity index (χ2v) is 28.9. The van der Waals surface area contributed by atoms with Gasteiger partial charge in [0, 0.05) is 6.42 Å². The van der Waals surface area contributed by atoms with Crippen LogP contribution in [-0.4, -0.2) is 193 Å². The summed E-state index contributed by atoms with van der Waals surface area (Å²) in [6.07, 6.45) is 61.8. The fraction of sp³-hybridized carbons (Fsp3) is 0.776. The van der Waals surface area contributed by atoms with E-state index in [1.165, 1.54) is 167 Å². The Morgan fingerprint density at radius 1 is 0.356 bits per heavy atom. The van der Waals surface area contributed by atoms with Crippen molar-refractivity contribution < 1.29 is 89.4 Å². The van der Waals surface area contributed by atoms with Gasteiger partial charge in [-0.25, -0.2) is 0 Å². The first-order valence-corrected chi connectivity index (χ1v) is 41.1. The number of amides is 1. The third kappa shape index (κ3) is 43.6. The molecule has 19 nitrogen and oxygen atoms in total. The average molecular weight is 1470 g/mol. The summed E-state index contributed by atoms with van der Waals surface area (Å²) in [5, 5.41) is 121. The average Bonchev–Trinajstić information content (AvgIpc) is 0.781. The van der Waals surface area contributed by atoms with Crippen LogP contribution in [0.5, 0.6) is 0 Å². The summed E-state index contributed by atoms with van der Waals surface area (Å²) in [5.74, 6) is -0.301. The predicted molar refractivity (Wildman–Crippen MR) is 415 cm³/mol. The molecule has 3 aliphatic heterocycles. The van der Waals surface area contributed by atoms with Crippen molar-refractivity contribution in [2.24, 2.45) is 0 Å². The van der Waals surface area contributed by atoms with E-state index in [-0.39, 0.29) is 18.9 Å². The lowest BCUT2D eigenvalue weighted by Crippen LogP contribution is -2.66. The van der Waals surface area contributed by atoms with E-state index in [4.69, 9.17) is 28.4 Å². The third-order valence-corrected chi connectivity index (χ3v) is 19.9. The molecule has 600 valence electrons. The number of aliphatic hydroxyl groups is 11. The molecule has 19 heteroatoms. The lowest BCUT2D eigenvalue weighted by molar-refractivity contribution is -0.379. The summed E-state index contributed by atoms with van der Waals surface area (Å²) in [5.41, 5.74) is 0. The highest BCUT2D eigenvalue weighted by Gasteiger charge is 2.54. The van der Waals surface area contributed by atoms with Gasteiger partial charge in [0.25, 0.3) is 0 Å². The molecular formula is C85H147NO18. The Labute approximate surface area is 627 Å². The number of carbonyl (C=O) groups is 1. The van der Waals surface area contributed by atoms with Gasteiger partial charge < -0.3 is 89.9 Å². The van der Waals surface area contributed by atoms with E-state index >= 15 is 0 Å². The zero-order chi connectivity index (χ0) is 75.3. The van der Waals surface area contributed by atoms with Crippen molar-refractivity contribution in [3.8, 4) is 0 Å². The topological polar surface area (TPSA) is 307 Å². The van der Waals surface area contributed by atoms with Crippen molar-refractivity contribution in [2.45, 2.75) is 394 Å². The number of carbonyl (C=O) groups excluding carboxylic acids is 1. The van der Waals surface area contributed by atoms with Crippen LogP contribution in [0.1, 0.15) is 290 Å². The SMILES string of the molecule is CC/C=C\C/C=C\C/C=C\C/C=C\C/C=C\C/C=C\C/C=C\C/C=C\C/C=C\CCCC(=O)NC(COC1OC(CO)C(OC2OC(CO)C(OC3OC(CO)C(O)C(O)C3O)C(O)C2O)C(O)C1O)C(O)CCCCCCCCCCCCCCCCCCCCCCCCCCCCCCCC. The summed E-state index contributed by atoms with van der Waals surface area (Å²) >= 11 is 0. The first kappa shape index (κ1) is 94.7. The Morgan fingerprint density at radius 3 is 1.00 bits per heavy atom. The van der Waals surface area contributed by atoms with Crippen molar-refractivity contribution in [1.82, 2.24) is 5.32 Å². The summed E-state index contributed by atoms with van der Waals surface area (Å²) in [6, 6.07) is -0.929. The quantitative estimate of drug-likeness (QED) is 0.0199. The molecule has 3 saturated heterocycles. The molecule has 17 unspecified atom stereocenters. The Hall–Kier alpha value is -3.55. The van der Waals surface area contributed by atoms with Crippen LogP contribution in [0.4, 0.5) is 0 Å². The zero-order valence-electron chi connectivity index (χ0n) is 64.2. The second-order valence-electron chi connectivity index (χ2n) is 28.9. The van der Waals surface area contributed by atoms with Gasteiger partial charge in [0.1, 0.15) is 73.2 Å². The minimum atomic E-state index is -1.98. The molecule has 3 fully saturated rings. The van der Waals surface area contributed by atoms with Gasteiger partial charge >= 0.3 is 0 Å². The van der Waals surface area contributed by atoms with Crippen LogP contribution in [0.15, 0.2) is 109 Å². The molecule has 104 heavy (non-hydrogen) atoms. The van der Waals surface area contributed by atoms with Gasteiger partial charge in [0.15, 0.2) is 18.9 Å². The molecule has 12 N–H and O–H groups in total. The van der Waals surface area contributed by atoms with E-state index in [0.717, 1.165) is 77.0 Å². The minimum Gasteiger partial charge on any atom is -0.394 e. The van der Waals surface area contributed by atoms with Crippen molar-refractivity contribution in [2.75, 3.05) is 26.4 Å². The molecule has 3 rings (SSSR count). The number of rotatable bonds is 64. The van der Waals surface area contributed by atoms with E-state index in [0.29, 0.717) is 25.7 Å². The molecule has 17 atom stereocenters. The normalized spacial score (nSPS) is 26.5. The second kappa shape index (κ2) is 64.3. The molecule has 0 spiro atoms. The Morgan fingerprint density at radius 2 is 0.654 bits per heavy atom. The third-order valence-electron chi connectivity index (χ3n) is 19.9. The molecule has 1 amide bonds. The van der Waals surface area contributed by atoms with Gasteiger partial charge in [-0.3, -0.25) is 4.79 Å². The van der Waals surface area contributed by atoms with Crippen LogP contribution in [0.2, 0.25) is 0 Å². The van der Waals surface area contributed by atoms with Gasteiger partial charge in [-0.15, -0.1) is 0 Å². The molecule has 0 bridgehead atoms. The number of allylic oxidation sites excluding steroid dienone is 18. The fourth-order valence-corrected chi connectivity index (χ4v) is 13.3. The maximum absolute atomic E-state index is 13.5. The summed E-state index contributed by atoms with van der Waals surface area (Å²) in [4.78, 5) is 13.5. The van der Waals surface area contributed by atoms with E-state index in [1.54, 1.807) is 0 Å². The standard InChI is InChI=1S/C85H147NO18/c1-3-5-7-9-11-13-15-17-19-21-23-25-27-29-31-33-35-36-38-40-42-44-46-48-50-52-54-56-58-60-62-69(90)68(86-73(91)63-61-59-57-55-53-51-49-47-45-43-41-39-37-34-32-30-28-26-24-22-20-18-16-14-12-10-8-6-4-2)67-99-83-79(97)76(94)81(71(65-88)101-83)104-85-80(98)77(95)82(72(66-89)102-85)103-84-78(96)75(93)74(92)70(64-87)100-84/h6,8,12,14,18,20,24,26,30,32,37,39,43,45,49,51,55,57,68-72,74-85,87-90,92-98H,3-5,7,9-11,13,15-17,19,21-23,25,27-29,31,33-36,38,40-42,44,46-48,50,52-54,56,58-67H2,1-2H3,(H,86,91)/b8-6-,14-12-,20-18-,26-24-,32-30-,39-37-,45-43-,51-49-,57-55-. The molecule has 0 saturated carbocycles. The number of unbranched alkanes of at least 4 members (excludes halogenated alkanes) is 30. The first-order chi connectivity index (χ1) is 50.8. The van der Waals surface area contributed by atoms with Gasteiger partial charge in [-0.1, -0.05) is 316 Å². The van der Waals surface area contributed by atoms with Crippen molar-refractivity contribution >= 4 is 5.91 Å². The minimum absolute atomic E-state index is 0.180. The molecule has 0 aromatic carbocycles. The zero-order valence-corrected chi connectivity index (χ0v) is 64.2. The Bertz CT molecular complexity index is 2300. The number of hydrogen-bond donors (Lipinski definition) is 12. The monoisotopic (exact) mass is 1470 g/mol. The summed E-state index contributed by atoms with van der Waals surface area (Å²) in [6.45, 7) is 1.67. The van der Waals surface area contributed by atoms with Gasteiger partial charge in [0.05, 0.1) is 38.6 Å². The molecule has 0 aliphatic carbocycles. The molecule has 0 aromatic heterocycles. The lowest BCUT2D eigenvalue weighted by atomic mass is 9.96. The highest BCUT2D eigenvalue weighted by molar-refractivity contribution is 5.76. The molecule has 3 heterocycles. The Kier molecular flexibility index (Phi) is 58.5. The Balaban J connectivity index is 1.39. The fourth-order valence-electron chi connectivity index (χ4n) is 13.3. The van der Waals surface area contributed by atoms with Crippen LogP contribution in [-0.2, 0) is 33.2 Å².